The topological polar surface area (TPSA) is 76.6 Å². The number of esters is 1. The molecule has 0 radical (unpaired) electrons. The summed E-state index contributed by atoms with van der Waals surface area (Å²) < 4.78 is 4.59. The van der Waals surface area contributed by atoms with Crippen LogP contribution in [-0.4, -0.2) is 36.3 Å². The molecule has 6 nitrogen and oxygen atoms in total. The van der Waals surface area contributed by atoms with Crippen molar-refractivity contribution in [1.29, 1.82) is 0 Å². The maximum atomic E-state index is 11.7. The Hall–Kier alpha value is -2.24. The third-order valence-electron chi connectivity index (χ3n) is 2.72. The van der Waals surface area contributed by atoms with Crippen LogP contribution in [0.1, 0.15) is 23.2 Å². The minimum absolute atomic E-state index is 0.0617. The number of Topliss-reactive ketones (excluding diaryl/α,β-unsaturated/α-hetero) is 1. The molecule has 0 N–H and O–H groups in total. The molecule has 1 aromatic heterocycles. The number of ketones is 1. The number of nitrogens with zero attached hydrogens (tertiary/aromatic N) is 2. The van der Waals surface area contributed by atoms with E-state index in [0.717, 1.165) is 0 Å². The fourth-order valence-corrected chi connectivity index (χ4v) is 1.79. The first-order chi connectivity index (χ1) is 8.61. The molecule has 1 aliphatic rings. The van der Waals surface area contributed by atoms with Gasteiger partial charge in [-0.05, 0) is 6.07 Å². The Morgan fingerprint density at radius 3 is 2.83 bits per heavy atom. The van der Waals surface area contributed by atoms with Gasteiger partial charge in [0.2, 0.25) is 5.91 Å². The number of hydrogen-bond donors (Lipinski definition) is 0. The van der Waals surface area contributed by atoms with Crippen LogP contribution in [0.2, 0.25) is 0 Å². The maximum absolute atomic E-state index is 11.7. The van der Waals surface area contributed by atoms with Gasteiger partial charge in [-0.1, -0.05) is 0 Å². The average molecular weight is 248 g/mol. The Bertz CT molecular complexity index is 513. The van der Waals surface area contributed by atoms with Crippen molar-refractivity contribution in [3.05, 3.63) is 24.0 Å². The highest BCUT2D eigenvalue weighted by Crippen LogP contribution is 2.19. The summed E-state index contributed by atoms with van der Waals surface area (Å²) in [5.74, 6) is -0.840. The highest BCUT2D eigenvalue weighted by molar-refractivity contribution is 6.08. The van der Waals surface area contributed by atoms with Gasteiger partial charge in [0.05, 0.1) is 31.0 Å². The number of carbonyl (C=O) groups excluding carboxylic acids is 3. The molecule has 1 aromatic rings. The Morgan fingerprint density at radius 2 is 2.17 bits per heavy atom. The molecule has 0 bridgehead atoms. The molecule has 18 heavy (non-hydrogen) atoms. The number of carbonyl (C=O) groups is 3. The van der Waals surface area contributed by atoms with Crippen LogP contribution in [0, 0.1) is 0 Å². The van der Waals surface area contributed by atoms with Crippen LogP contribution in [0.5, 0.6) is 0 Å². The molecule has 0 spiro atoms. The van der Waals surface area contributed by atoms with E-state index in [4.69, 9.17) is 0 Å². The summed E-state index contributed by atoms with van der Waals surface area (Å²) in [6.07, 6.45) is 3.09. The zero-order valence-electron chi connectivity index (χ0n) is 9.88. The Labute approximate surface area is 104 Å². The third kappa shape index (κ3) is 2.37. The summed E-state index contributed by atoms with van der Waals surface area (Å²) in [7, 11) is 1.28. The lowest BCUT2D eigenvalue weighted by Gasteiger charge is -2.25. The molecular formula is C12H12N2O4. The van der Waals surface area contributed by atoms with E-state index in [9.17, 15) is 14.4 Å². The van der Waals surface area contributed by atoms with Gasteiger partial charge in [-0.2, -0.15) is 0 Å². The van der Waals surface area contributed by atoms with E-state index < -0.39 is 5.97 Å². The van der Waals surface area contributed by atoms with Gasteiger partial charge in [0.25, 0.3) is 0 Å². The molecular weight excluding hydrogens is 236 g/mol. The number of piperidine rings is 1. The molecule has 1 saturated heterocycles. The summed E-state index contributed by atoms with van der Waals surface area (Å²) in [4.78, 5) is 39.6. The van der Waals surface area contributed by atoms with Crippen LogP contribution < -0.4 is 4.90 Å². The monoisotopic (exact) mass is 248 g/mol. The zero-order valence-corrected chi connectivity index (χ0v) is 9.88. The summed E-state index contributed by atoms with van der Waals surface area (Å²) in [6.45, 7) is 0.323. The van der Waals surface area contributed by atoms with Crippen molar-refractivity contribution in [2.75, 3.05) is 18.6 Å². The van der Waals surface area contributed by atoms with Crippen molar-refractivity contribution in [2.24, 2.45) is 0 Å². The highest BCUT2D eigenvalue weighted by atomic mass is 16.5. The molecule has 94 valence electrons. The maximum Gasteiger partial charge on any atom is 0.339 e. The molecule has 0 atom stereocenters. The lowest BCUT2D eigenvalue weighted by Crippen LogP contribution is -2.39. The second-order valence-corrected chi connectivity index (χ2v) is 3.93. The van der Waals surface area contributed by atoms with E-state index in [1.165, 1.54) is 30.5 Å². The average Bonchev–Trinajstić information content (AvgIpc) is 2.38. The van der Waals surface area contributed by atoms with E-state index in [0.29, 0.717) is 18.7 Å². The SMILES string of the molecule is COC(=O)c1cncc(N2CCC(=O)CC2=O)c1. The predicted molar refractivity (Wildman–Crippen MR) is 62.2 cm³/mol. The lowest BCUT2D eigenvalue weighted by molar-refractivity contribution is -0.128. The predicted octanol–water partition coefficient (Wildman–Crippen LogP) is 0.564. The van der Waals surface area contributed by atoms with E-state index >= 15 is 0 Å². The molecule has 0 aromatic carbocycles. The van der Waals surface area contributed by atoms with Crippen LogP contribution in [0.15, 0.2) is 18.5 Å². The number of pyridine rings is 1. The van der Waals surface area contributed by atoms with Crippen LogP contribution in [0.3, 0.4) is 0 Å². The minimum Gasteiger partial charge on any atom is -0.465 e. The standard InChI is InChI=1S/C12H12N2O4/c1-18-12(17)8-4-9(7-13-6-8)14-3-2-10(15)5-11(14)16/h4,6-7H,2-3,5H2,1H3. The molecule has 6 heteroatoms. The van der Waals surface area contributed by atoms with Crippen molar-refractivity contribution in [1.82, 2.24) is 4.98 Å². The smallest absolute Gasteiger partial charge is 0.339 e. The van der Waals surface area contributed by atoms with Crippen molar-refractivity contribution in [2.45, 2.75) is 12.8 Å². The van der Waals surface area contributed by atoms with Crippen LogP contribution in [-0.2, 0) is 14.3 Å². The van der Waals surface area contributed by atoms with Crippen LogP contribution in [0.25, 0.3) is 0 Å². The number of ether oxygens (including phenoxy) is 1. The number of amides is 1. The number of rotatable bonds is 2. The van der Waals surface area contributed by atoms with Crippen molar-refractivity contribution < 1.29 is 19.1 Å². The van der Waals surface area contributed by atoms with Crippen LogP contribution >= 0.6 is 0 Å². The van der Waals surface area contributed by atoms with Gasteiger partial charge in [0.15, 0.2) is 0 Å². The van der Waals surface area contributed by atoms with Gasteiger partial charge in [0, 0.05) is 19.2 Å². The van der Waals surface area contributed by atoms with Crippen LogP contribution in [0.4, 0.5) is 5.69 Å². The molecule has 2 heterocycles. The number of aromatic nitrogens is 1. The Morgan fingerprint density at radius 1 is 1.39 bits per heavy atom. The van der Waals surface area contributed by atoms with Crippen molar-refractivity contribution >= 4 is 23.3 Å². The van der Waals surface area contributed by atoms with E-state index in [1.807, 2.05) is 0 Å². The van der Waals surface area contributed by atoms with Crippen molar-refractivity contribution in [3.8, 4) is 0 Å². The molecule has 0 aliphatic carbocycles. The van der Waals surface area contributed by atoms with E-state index in [-0.39, 0.29) is 23.7 Å². The molecule has 1 fully saturated rings. The quantitative estimate of drug-likeness (QED) is 0.564. The van der Waals surface area contributed by atoms with E-state index in [1.54, 1.807) is 0 Å². The second kappa shape index (κ2) is 4.95. The minimum atomic E-state index is -0.509. The second-order valence-electron chi connectivity index (χ2n) is 3.93. The normalized spacial score (nSPS) is 15.7. The van der Waals surface area contributed by atoms with Gasteiger partial charge in [-0.15, -0.1) is 0 Å². The van der Waals surface area contributed by atoms with Gasteiger partial charge >= 0.3 is 5.97 Å². The first kappa shape index (κ1) is 12.2. The fraction of sp³-hybridized carbons (Fsp3) is 0.333. The molecule has 0 saturated carbocycles. The zero-order chi connectivity index (χ0) is 13.1. The summed E-state index contributed by atoms with van der Waals surface area (Å²) >= 11 is 0. The van der Waals surface area contributed by atoms with Gasteiger partial charge in [-0.25, -0.2) is 4.79 Å². The molecule has 0 unspecified atom stereocenters. The molecule has 2 rings (SSSR count). The van der Waals surface area contributed by atoms with Gasteiger partial charge in [0.1, 0.15) is 5.78 Å². The largest absolute Gasteiger partial charge is 0.465 e. The Balaban J connectivity index is 2.25. The molecule has 1 amide bonds. The summed E-state index contributed by atoms with van der Waals surface area (Å²) in [5, 5.41) is 0. The summed E-state index contributed by atoms with van der Waals surface area (Å²) in [5.41, 5.74) is 0.787. The van der Waals surface area contributed by atoms with Crippen molar-refractivity contribution in [3.63, 3.8) is 0 Å². The van der Waals surface area contributed by atoms with Gasteiger partial charge < -0.3 is 9.64 Å². The summed E-state index contributed by atoms with van der Waals surface area (Å²) in [6, 6.07) is 1.53. The first-order valence-electron chi connectivity index (χ1n) is 5.47. The lowest BCUT2D eigenvalue weighted by atomic mass is 10.1. The Kier molecular flexibility index (Phi) is 3.36. The van der Waals surface area contributed by atoms with E-state index in [2.05, 4.69) is 9.72 Å². The number of hydrogen-bond acceptors (Lipinski definition) is 5. The number of anilines is 1. The highest BCUT2D eigenvalue weighted by Gasteiger charge is 2.25. The first-order valence-corrected chi connectivity index (χ1v) is 5.47. The fourth-order valence-electron chi connectivity index (χ4n) is 1.79. The number of methoxy groups -OCH3 is 1. The van der Waals surface area contributed by atoms with Gasteiger partial charge in [-0.3, -0.25) is 14.6 Å². The molecule has 1 aliphatic heterocycles. The third-order valence-corrected chi connectivity index (χ3v) is 2.72.